The Bertz CT molecular complexity index is 549. The minimum atomic E-state index is 0. The molecule has 24 heavy (non-hydrogen) atoms. The molecule has 0 heterocycles. The summed E-state index contributed by atoms with van der Waals surface area (Å²) in [6.07, 6.45) is 21.4. The van der Waals surface area contributed by atoms with Crippen molar-refractivity contribution in [3.63, 3.8) is 0 Å². The molecule has 0 amide bonds. The fourth-order valence-corrected chi connectivity index (χ4v) is 1.48. The number of allylic oxidation sites excluding steroid dienone is 9. The maximum absolute atomic E-state index is 5.52. The monoisotopic (exact) mass is 700 g/mol. The molecule has 0 bridgehead atoms. The van der Waals surface area contributed by atoms with Gasteiger partial charge < -0.3 is 34.0 Å². The fraction of sp³-hybridized carbons (Fsp3) is 0. The molecule has 3 aliphatic carbocycles. The van der Waals surface area contributed by atoms with E-state index < -0.39 is 0 Å². The van der Waals surface area contributed by atoms with Crippen molar-refractivity contribution in [1.29, 1.82) is 0 Å². The Hall–Kier alpha value is 0.493. The Balaban J connectivity index is -0.000000259. The molecule has 6 radical (unpaired) electrons. The fourth-order valence-electron chi connectivity index (χ4n) is 1.10. The van der Waals surface area contributed by atoms with Crippen LogP contribution in [0.3, 0.4) is 0 Å². The van der Waals surface area contributed by atoms with Crippen LogP contribution >= 0.6 is 34.8 Å². The van der Waals surface area contributed by atoms with Crippen molar-refractivity contribution in [2.45, 2.75) is 0 Å². The maximum Gasteiger partial charge on any atom is 2.00 e. The van der Waals surface area contributed by atoms with Gasteiger partial charge in [0.25, 0.3) is 0 Å². The first-order valence-corrected chi connectivity index (χ1v) is 7.16. The van der Waals surface area contributed by atoms with Gasteiger partial charge in [-0.15, -0.1) is 17.2 Å². The van der Waals surface area contributed by atoms with Crippen molar-refractivity contribution in [2.24, 2.45) is 0 Å². The van der Waals surface area contributed by atoms with Gasteiger partial charge in [0.1, 0.15) is 0 Å². The van der Waals surface area contributed by atoms with E-state index in [1.165, 1.54) is 0 Å². The van der Waals surface area contributed by atoms with Crippen LogP contribution in [-0.2, 0) is 0 Å². The minimum absolute atomic E-state index is 0. The third-order valence-corrected chi connectivity index (χ3v) is 2.79. The molecule has 124 valence electrons. The molecule has 0 saturated heterocycles. The summed E-state index contributed by atoms with van der Waals surface area (Å²) in [6.45, 7) is 0. The van der Waals surface area contributed by atoms with Crippen LogP contribution in [0.25, 0.3) is 0 Å². The summed E-state index contributed by atoms with van der Waals surface area (Å²) in [7, 11) is 0. The van der Waals surface area contributed by atoms with Crippen molar-refractivity contribution in [2.75, 3.05) is 0 Å². The summed E-state index contributed by atoms with van der Waals surface area (Å²) in [4.78, 5) is 0. The van der Waals surface area contributed by atoms with Gasteiger partial charge in [0.2, 0.25) is 0 Å². The summed E-state index contributed by atoms with van der Waals surface area (Å²) in [5, 5.41) is 2.29. The second-order valence-electron chi connectivity index (χ2n) is 3.65. The van der Waals surface area contributed by atoms with Crippen LogP contribution < -0.4 is 34.0 Å². The first kappa shape index (κ1) is 29.3. The normalized spacial score (nSPS) is 14.9. The van der Waals surface area contributed by atoms with E-state index in [0.717, 1.165) is 15.1 Å². The van der Waals surface area contributed by atoms with Crippen molar-refractivity contribution in [1.82, 2.24) is 0 Å². The van der Waals surface area contributed by atoms with Gasteiger partial charge in [-0.25, -0.2) is 0 Å². The van der Waals surface area contributed by atoms with Gasteiger partial charge in [-0.05, 0) is 54.7 Å². The molecule has 0 saturated carbocycles. The summed E-state index contributed by atoms with van der Waals surface area (Å²) in [5.74, 6) is 0. The summed E-state index contributed by atoms with van der Waals surface area (Å²) in [6, 6.07) is 0. The average molecular weight is 703 g/mol. The molecule has 3 rings (SSSR count). The molecule has 0 fully saturated rings. The van der Waals surface area contributed by atoms with E-state index in [-0.39, 0.29) is 60.2 Å². The molecule has 0 atom stereocenters. The SMILES string of the molecule is ClC1=CC=C=C[CH]1.ClC1=CC=C=C[CH]1.ClC1=CC=C=C[CH]1.[Bi+2].[Br-].[Br-]. The van der Waals surface area contributed by atoms with E-state index in [2.05, 4.69) is 17.2 Å². The van der Waals surface area contributed by atoms with Gasteiger partial charge in [-0.3, -0.25) is 0 Å². The van der Waals surface area contributed by atoms with Gasteiger partial charge in [0.05, 0.1) is 0 Å². The molecule has 6 heteroatoms. The molecule has 0 N–H and O–H groups in total. The second-order valence-corrected chi connectivity index (χ2v) is 4.96. The van der Waals surface area contributed by atoms with Crippen LogP contribution in [0.4, 0.5) is 0 Å². The van der Waals surface area contributed by atoms with Crippen LogP contribution in [0.2, 0.25) is 0 Å². The number of hydrogen-bond acceptors (Lipinski definition) is 0. The third kappa shape index (κ3) is 17.3. The Morgan fingerprint density at radius 1 is 0.500 bits per heavy atom. The van der Waals surface area contributed by atoms with Gasteiger partial charge in [-0.1, -0.05) is 34.8 Å². The topological polar surface area (TPSA) is 0 Å². The zero-order valence-electron chi connectivity index (χ0n) is 12.3. The van der Waals surface area contributed by atoms with Crippen molar-refractivity contribution in [3.8, 4) is 0 Å². The van der Waals surface area contributed by atoms with E-state index in [1.807, 2.05) is 0 Å². The van der Waals surface area contributed by atoms with Crippen LogP contribution in [0.5, 0.6) is 0 Å². The second kappa shape index (κ2) is 19.8. The molecule has 0 spiro atoms. The molecular weight excluding hydrogens is 691 g/mol. The van der Waals surface area contributed by atoms with Crippen molar-refractivity contribution < 1.29 is 34.0 Å². The Morgan fingerprint density at radius 3 is 0.833 bits per heavy atom. The van der Waals surface area contributed by atoms with E-state index >= 15 is 0 Å². The predicted molar refractivity (Wildman–Crippen MR) is 98.4 cm³/mol. The van der Waals surface area contributed by atoms with E-state index in [4.69, 9.17) is 34.8 Å². The molecule has 0 nitrogen and oxygen atoms in total. The van der Waals surface area contributed by atoms with E-state index in [1.54, 1.807) is 73.9 Å². The maximum atomic E-state index is 5.52. The molecule has 3 aliphatic rings. The van der Waals surface area contributed by atoms with Gasteiger partial charge in [0, 0.05) is 34.4 Å². The Kier molecular flexibility index (Phi) is 24.2. The largest absolute Gasteiger partial charge is 2.00 e. The summed E-state index contributed by atoms with van der Waals surface area (Å²) in [5.41, 5.74) is 8.55. The standard InChI is InChI=1S/3C6H4Cl.Bi.2BrH/c3*7-6-4-2-1-3-5-6;;;/h3*2-5H;;2*1H/q;;;+2;;/p-2. The van der Waals surface area contributed by atoms with Crippen LogP contribution in [0.1, 0.15) is 0 Å². The first-order valence-electron chi connectivity index (χ1n) is 6.03. The number of rotatable bonds is 0. The van der Waals surface area contributed by atoms with Gasteiger partial charge in [-0.2, -0.15) is 0 Å². The van der Waals surface area contributed by atoms with Crippen molar-refractivity contribution >= 4 is 61.0 Å². The molecule has 0 aromatic carbocycles. The summed E-state index contributed by atoms with van der Waals surface area (Å²) < 4.78 is 0. The average Bonchev–Trinajstić information content (AvgIpc) is 2.51. The number of hydrogen-bond donors (Lipinski definition) is 0. The first-order chi connectivity index (χ1) is 10.2. The third-order valence-electron chi connectivity index (χ3n) is 2.03. The van der Waals surface area contributed by atoms with Crippen molar-refractivity contribution in [3.05, 3.63) is 106 Å². The van der Waals surface area contributed by atoms with Crippen LogP contribution in [0, 0.1) is 19.3 Å². The van der Waals surface area contributed by atoms with Crippen LogP contribution in [-0.4, -0.2) is 26.2 Å². The summed E-state index contributed by atoms with van der Waals surface area (Å²) >= 11 is 16.6. The molecule has 0 aromatic heterocycles. The molecule has 0 aliphatic heterocycles. The zero-order valence-corrected chi connectivity index (χ0v) is 21.2. The quantitative estimate of drug-likeness (QED) is 0.242. The Morgan fingerprint density at radius 2 is 0.750 bits per heavy atom. The van der Waals surface area contributed by atoms with E-state index in [9.17, 15) is 0 Å². The smallest absolute Gasteiger partial charge is 1.00 e. The molecular formula is C18H12BiBr2Cl3. The molecule has 0 unspecified atom stereocenters. The Labute approximate surface area is 199 Å². The van der Waals surface area contributed by atoms with Gasteiger partial charge in [0.15, 0.2) is 0 Å². The predicted octanol–water partition coefficient (Wildman–Crippen LogP) is -0.258. The number of halogens is 5. The molecule has 0 aromatic rings. The van der Waals surface area contributed by atoms with E-state index in [0.29, 0.717) is 0 Å². The zero-order chi connectivity index (χ0) is 15.3. The van der Waals surface area contributed by atoms with Gasteiger partial charge >= 0.3 is 26.2 Å². The van der Waals surface area contributed by atoms with Crippen LogP contribution in [0.15, 0.2) is 87.0 Å². The minimum Gasteiger partial charge on any atom is -1.00 e.